The van der Waals surface area contributed by atoms with E-state index in [9.17, 15) is 13.2 Å². The van der Waals surface area contributed by atoms with Crippen molar-refractivity contribution in [3.8, 4) is 5.75 Å². The van der Waals surface area contributed by atoms with Gasteiger partial charge in [0.1, 0.15) is 10.6 Å². The third-order valence-corrected chi connectivity index (χ3v) is 5.91. The highest BCUT2D eigenvalue weighted by molar-refractivity contribution is 7.89. The summed E-state index contributed by atoms with van der Waals surface area (Å²) in [4.78, 5) is 14.3. The Hall–Kier alpha value is -1.64. The van der Waals surface area contributed by atoms with E-state index in [2.05, 4.69) is 5.32 Å². The molecule has 1 aliphatic rings. The number of hydrogen-bond acceptors (Lipinski definition) is 5. The second-order valence-electron chi connectivity index (χ2n) is 5.72. The fourth-order valence-corrected chi connectivity index (χ4v) is 3.62. The molecule has 0 bridgehead atoms. The lowest BCUT2D eigenvalue weighted by molar-refractivity contribution is 0.0743. The zero-order valence-electron chi connectivity index (χ0n) is 13.9. The van der Waals surface area contributed by atoms with E-state index in [0.717, 1.165) is 23.8 Å². The fraction of sp³-hybridized carbons (Fsp3) is 0.533. The molecule has 0 radical (unpaired) electrons. The Bertz CT molecular complexity index is 682. The van der Waals surface area contributed by atoms with Crippen molar-refractivity contribution in [1.29, 1.82) is 0 Å². The van der Waals surface area contributed by atoms with Gasteiger partial charge in [0.15, 0.2) is 0 Å². The molecule has 0 aromatic heterocycles. The van der Waals surface area contributed by atoms with Gasteiger partial charge < -0.3 is 15.0 Å². The molecule has 23 heavy (non-hydrogen) atoms. The second-order valence-corrected chi connectivity index (χ2v) is 7.84. The highest BCUT2D eigenvalue weighted by atomic mass is 32.2. The van der Waals surface area contributed by atoms with Crippen LogP contribution in [0.2, 0.25) is 0 Å². The lowest BCUT2D eigenvalue weighted by atomic mass is 10.1. The molecule has 1 atom stereocenters. The molecule has 1 fully saturated rings. The zero-order chi connectivity index (χ0) is 17.2. The summed E-state index contributed by atoms with van der Waals surface area (Å²) in [6.45, 7) is 1.63. The van der Waals surface area contributed by atoms with Gasteiger partial charge in [0.05, 0.1) is 7.11 Å². The summed E-state index contributed by atoms with van der Waals surface area (Å²) < 4.78 is 31.1. The van der Waals surface area contributed by atoms with Crippen LogP contribution in [0.3, 0.4) is 0 Å². The van der Waals surface area contributed by atoms with Crippen LogP contribution in [-0.2, 0) is 10.0 Å². The van der Waals surface area contributed by atoms with Crippen molar-refractivity contribution >= 4 is 15.9 Å². The monoisotopic (exact) mass is 341 g/mol. The Kier molecular flexibility index (Phi) is 5.28. The van der Waals surface area contributed by atoms with Crippen LogP contribution in [0, 0.1) is 0 Å². The molecule has 2 rings (SSSR count). The quantitative estimate of drug-likeness (QED) is 0.838. The highest BCUT2D eigenvalue weighted by Gasteiger charge is 2.27. The predicted molar refractivity (Wildman–Crippen MR) is 87.2 cm³/mol. The largest absolute Gasteiger partial charge is 0.495 e. The minimum Gasteiger partial charge on any atom is -0.495 e. The molecule has 1 unspecified atom stereocenters. The number of ether oxygens (including phenoxy) is 1. The van der Waals surface area contributed by atoms with Crippen molar-refractivity contribution < 1.29 is 17.9 Å². The molecule has 7 nitrogen and oxygen atoms in total. The number of amides is 1. The van der Waals surface area contributed by atoms with Gasteiger partial charge in [-0.05, 0) is 31.2 Å². The van der Waals surface area contributed by atoms with Gasteiger partial charge in [-0.15, -0.1) is 0 Å². The molecule has 1 N–H and O–H groups in total. The Morgan fingerprint density at radius 3 is 2.52 bits per heavy atom. The molecule has 0 saturated carbocycles. The molecule has 1 aromatic carbocycles. The van der Waals surface area contributed by atoms with Gasteiger partial charge in [-0.2, -0.15) is 0 Å². The second kappa shape index (κ2) is 6.86. The molecule has 128 valence electrons. The number of nitrogens with one attached hydrogen (secondary N) is 1. The van der Waals surface area contributed by atoms with E-state index in [0.29, 0.717) is 5.56 Å². The number of methoxy groups -OCH3 is 1. The van der Waals surface area contributed by atoms with E-state index in [-0.39, 0.29) is 22.6 Å². The van der Waals surface area contributed by atoms with Crippen LogP contribution in [0.15, 0.2) is 23.1 Å². The van der Waals surface area contributed by atoms with E-state index in [1.165, 1.54) is 33.3 Å². The number of benzene rings is 1. The molecule has 1 aromatic rings. The van der Waals surface area contributed by atoms with Crippen molar-refractivity contribution in [2.45, 2.75) is 17.4 Å². The summed E-state index contributed by atoms with van der Waals surface area (Å²) in [6.07, 6.45) is 0.890. The number of nitrogens with zero attached hydrogens (tertiary/aromatic N) is 2. The standard InChI is InChI=1S/C15H23N3O4S/c1-17(2)23(20,21)14-9-11(5-6-13(14)22-4)15(19)18(3)12-7-8-16-10-12/h5-6,9,12,16H,7-8,10H2,1-4H3. The first kappa shape index (κ1) is 17.7. The van der Waals surface area contributed by atoms with Crippen LogP contribution >= 0.6 is 0 Å². The van der Waals surface area contributed by atoms with Crippen molar-refractivity contribution in [2.75, 3.05) is 41.3 Å². The van der Waals surface area contributed by atoms with Gasteiger partial charge in [-0.25, -0.2) is 12.7 Å². The number of sulfonamides is 1. The van der Waals surface area contributed by atoms with Crippen LogP contribution in [-0.4, -0.2) is 70.9 Å². The van der Waals surface area contributed by atoms with Gasteiger partial charge in [-0.3, -0.25) is 4.79 Å². The maximum absolute atomic E-state index is 12.6. The molecular formula is C15H23N3O4S. The van der Waals surface area contributed by atoms with E-state index < -0.39 is 10.0 Å². The predicted octanol–water partition coefficient (Wildman–Crippen LogP) is 0.379. The van der Waals surface area contributed by atoms with Crippen LogP contribution < -0.4 is 10.1 Å². The van der Waals surface area contributed by atoms with Crippen LogP contribution in [0.4, 0.5) is 0 Å². The van der Waals surface area contributed by atoms with Crippen LogP contribution in [0.5, 0.6) is 5.75 Å². The summed E-state index contributed by atoms with van der Waals surface area (Å²) >= 11 is 0. The van der Waals surface area contributed by atoms with Gasteiger partial charge in [0, 0.05) is 39.3 Å². The van der Waals surface area contributed by atoms with Crippen LogP contribution in [0.1, 0.15) is 16.8 Å². The summed E-state index contributed by atoms with van der Waals surface area (Å²) in [6, 6.07) is 4.62. The minimum atomic E-state index is -3.70. The number of carbonyl (C=O) groups excluding carboxylic acids is 1. The molecule has 0 spiro atoms. The van der Waals surface area contributed by atoms with E-state index in [4.69, 9.17) is 4.74 Å². The van der Waals surface area contributed by atoms with Crippen LogP contribution in [0.25, 0.3) is 0 Å². The van der Waals surface area contributed by atoms with Crippen molar-refractivity contribution in [1.82, 2.24) is 14.5 Å². The summed E-state index contributed by atoms with van der Waals surface area (Å²) in [7, 11) is 2.34. The fourth-order valence-electron chi connectivity index (χ4n) is 2.55. The average Bonchev–Trinajstić information content (AvgIpc) is 3.07. The topological polar surface area (TPSA) is 79.0 Å². The average molecular weight is 341 g/mol. The maximum atomic E-state index is 12.6. The Balaban J connectivity index is 2.39. The third-order valence-electron chi connectivity index (χ3n) is 4.07. The lowest BCUT2D eigenvalue weighted by Gasteiger charge is -2.24. The molecule has 0 aliphatic carbocycles. The van der Waals surface area contributed by atoms with Crippen molar-refractivity contribution in [3.63, 3.8) is 0 Å². The first-order chi connectivity index (χ1) is 10.8. The highest BCUT2D eigenvalue weighted by Crippen LogP contribution is 2.27. The summed E-state index contributed by atoms with van der Waals surface area (Å²) in [5, 5.41) is 3.21. The maximum Gasteiger partial charge on any atom is 0.253 e. The lowest BCUT2D eigenvalue weighted by Crippen LogP contribution is -2.38. The number of likely N-dealkylation sites (N-methyl/N-ethyl adjacent to an activating group) is 1. The first-order valence-corrected chi connectivity index (χ1v) is 8.81. The smallest absolute Gasteiger partial charge is 0.253 e. The van der Waals surface area contributed by atoms with E-state index >= 15 is 0 Å². The Labute approximate surface area is 137 Å². The third kappa shape index (κ3) is 3.49. The molecule has 8 heteroatoms. The van der Waals surface area contributed by atoms with Gasteiger partial charge >= 0.3 is 0 Å². The number of carbonyl (C=O) groups is 1. The normalized spacial score (nSPS) is 18.2. The van der Waals surface area contributed by atoms with Gasteiger partial charge in [0.25, 0.3) is 5.91 Å². The van der Waals surface area contributed by atoms with Gasteiger partial charge in [0.2, 0.25) is 10.0 Å². The zero-order valence-corrected chi connectivity index (χ0v) is 14.7. The Morgan fingerprint density at radius 1 is 1.30 bits per heavy atom. The van der Waals surface area contributed by atoms with Gasteiger partial charge in [-0.1, -0.05) is 0 Å². The SMILES string of the molecule is COc1ccc(C(=O)N(C)C2CCNC2)cc1S(=O)(=O)N(C)C. The molecule has 1 aliphatic heterocycles. The molecular weight excluding hydrogens is 318 g/mol. The van der Waals surface area contributed by atoms with Crippen molar-refractivity contribution in [3.05, 3.63) is 23.8 Å². The van der Waals surface area contributed by atoms with E-state index in [1.54, 1.807) is 18.0 Å². The van der Waals surface area contributed by atoms with Crippen molar-refractivity contribution in [2.24, 2.45) is 0 Å². The number of hydrogen-bond donors (Lipinski definition) is 1. The number of rotatable bonds is 5. The van der Waals surface area contributed by atoms with E-state index in [1.807, 2.05) is 0 Å². The Morgan fingerprint density at radius 2 is 2.00 bits per heavy atom. The first-order valence-electron chi connectivity index (χ1n) is 7.37. The molecule has 1 amide bonds. The summed E-state index contributed by atoms with van der Waals surface area (Å²) in [5.74, 6) is 0.0250. The molecule has 1 saturated heterocycles. The minimum absolute atomic E-state index is 0.00574. The molecule has 1 heterocycles. The summed E-state index contributed by atoms with van der Waals surface area (Å²) in [5.41, 5.74) is 0.334.